The number of benzene rings is 1. The standard InChI is InChI=1S/C13H20IN3/c1-10(2)15(3)9-17-12-8-6-5-7-11(12)16(4)13(17)14/h5-8,10,13H,9H2,1-4H3. The zero-order valence-corrected chi connectivity index (χ0v) is 13.0. The lowest BCUT2D eigenvalue weighted by Gasteiger charge is -2.32. The molecule has 1 aliphatic heterocycles. The van der Waals surface area contributed by atoms with Crippen LogP contribution in [0.15, 0.2) is 24.3 Å². The Balaban J connectivity index is 2.24. The monoisotopic (exact) mass is 345 g/mol. The molecule has 0 aliphatic carbocycles. The first-order chi connectivity index (χ1) is 8.02. The van der Waals surface area contributed by atoms with Crippen molar-refractivity contribution >= 4 is 34.0 Å². The van der Waals surface area contributed by atoms with Crippen molar-refractivity contribution in [3.63, 3.8) is 0 Å². The highest BCUT2D eigenvalue weighted by Gasteiger charge is 2.31. The quantitative estimate of drug-likeness (QED) is 0.474. The summed E-state index contributed by atoms with van der Waals surface area (Å²) >= 11 is 2.50. The van der Waals surface area contributed by atoms with Gasteiger partial charge in [-0.25, -0.2) is 0 Å². The Labute approximate surface area is 118 Å². The third-order valence-corrected chi connectivity index (χ3v) is 4.91. The van der Waals surface area contributed by atoms with E-state index in [2.05, 4.69) is 89.5 Å². The molecule has 0 saturated carbocycles. The molecule has 3 nitrogen and oxygen atoms in total. The van der Waals surface area contributed by atoms with Gasteiger partial charge in [0.1, 0.15) is 0 Å². The largest absolute Gasteiger partial charge is 0.344 e. The van der Waals surface area contributed by atoms with Crippen LogP contribution in [0.1, 0.15) is 13.8 Å². The lowest BCUT2D eigenvalue weighted by molar-refractivity contribution is 0.273. The van der Waals surface area contributed by atoms with Gasteiger partial charge in [0, 0.05) is 13.1 Å². The topological polar surface area (TPSA) is 9.72 Å². The summed E-state index contributed by atoms with van der Waals surface area (Å²) in [5.41, 5.74) is 2.66. The number of fused-ring (bicyclic) bond motifs is 1. The van der Waals surface area contributed by atoms with Gasteiger partial charge in [-0.2, -0.15) is 0 Å². The van der Waals surface area contributed by atoms with E-state index in [9.17, 15) is 0 Å². The van der Waals surface area contributed by atoms with Crippen LogP contribution in [0, 0.1) is 0 Å². The van der Waals surface area contributed by atoms with Crippen molar-refractivity contribution < 1.29 is 0 Å². The Bertz CT molecular complexity index is 394. The molecule has 1 aromatic rings. The molecular formula is C13H20IN3. The van der Waals surface area contributed by atoms with Crippen LogP contribution in [0.25, 0.3) is 0 Å². The molecule has 2 rings (SSSR count). The third-order valence-electron chi connectivity index (χ3n) is 3.40. The lowest BCUT2D eigenvalue weighted by atomic mass is 10.2. The minimum Gasteiger partial charge on any atom is -0.344 e. The van der Waals surface area contributed by atoms with Gasteiger partial charge in [-0.05, 0) is 55.6 Å². The molecular weight excluding hydrogens is 325 g/mol. The summed E-state index contributed by atoms with van der Waals surface area (Å²) in [4.78, 5) is 7.13. The Kier molecular flexibility index (Phi) is 3.82. The smallest absolute Gasteiger partial charge is 0.156 e. The molecule has 1 atom stereocenters. The summed E-state index contributed by atoms with van der Waals surface area (Å²) in [7, 11) is 4.33. The summed E-state index contributed by atoms with van der Waals surface area (Å²) in [6.45, 7) is 5.43. The van der Waals surface area contributed by atoms with Gasteiger partial charge >= 0.3 is 0 Å². The molecule has 1 heterocycles. The van der Waals surface area contributed by atoms with Crippen LogP contribution in [-0.2, 0) is 0 Å². The van der Waals surface area contributed by atoms with E-state index in [0.29, 0.717) is 10.2 Å². The second-order valence-electron chi connectivity index (χ2n) is 4.87. The van der Waals surface area contributed by atoms with Crippen molar-refractivity contribution in [2.75, 3.05) is 30.6 Å². The predicted molar refractivity (Wildman–Crippen MR) is 82.9 cm³/mol. The number of para-hydroxylation sites is 2. The van der Waals surface area contributed by atoms with Crippen LogP contribution in [0.2, 0.25) is 0 Å². The van der Waals surface area contributed by atoms with Crippen LogP contribution in [0.3, 0.4) is 0 Å². The van der Waals surface area contributed by atoms with Crippen LogP contribution in [0.5, 0.6) is 0 Å². The molecule has 0 saturated heterocycles. The first kappa shape index (κ1) is 13.0. The minimum absolute atomic E-state index is 0.395. The lowest BCUT2D eigenvalue weighted by Crippen LogP contribution is -2.44. The van der Waals surface area contributed by atoms with Gasteiger partial charge < -0.3 is 9.80 Å². The van der Waals surface area contributed by atoms with Crippen LogP contribution in [-0.4, -0.2) is 35.9 Å². The maximum Gasteiger partial charge on any atom is 0.156 e. The van der Waals surface area contributed by atoms with Crippen molar-refractivity contribution in [1.29, 1.82) is 0 Å². The second kappa shape index (κ2) is 5.02. The molecule has 1 aliphatic rings. The number of rotatable bonds is 3. The van der Waals surface area contributed by atoms with E-state index in [1.165, 1.54) is 11.4 Å². The van der Waals surface area contributed by atoms with E-state index >= 15 is 0 Å². The van der Waals surface area contributed by atoms with Gasteiger partial charge in [-0.15, -0.1) is 0 Å². The second-order valence-corrected chi connectivity index (χ2v) is 5.99. The molecule has 0 spiro atoms. The molecule has 1 unspecified atom stereocenters. The van der Waals surface area contributed by atoms with Crippen molar-refractivity contribution in [2.45, 2.75) is 24.1 Å². The van der Waals surface area contributed by atoms with Crippen molar-refractivity contribution in [3.8, 4) is 0 Å². The van der Waals surface area contributed by atoms with E-state index in [4.69, 9.17) is 0 Å². The molecule has 0 radical (unpaired) electrons. The zero-order valence-electron chi connectivity index (χ0n) is 10.9. The molecule has 0 bridgehead atoms. The van der Waals surface area contributed by atoms with Crippen LogP contribution in [0.4, 0.5) is 11.4 Å². The Morgan fingerprint density at radius 1 is 1.29 bits per heavy atom. The van der Waals surface area contributed by atoms with Gasteiger partial charge in [-0.1, -0.05) is 12.1 Å². The van der Waals surface area contributed by atoms with Gasteiger partial charge in [0.25, 0.3) is 0 Å². The highest BCUT2D eigenvalue weighted by molar-refractivity contribution is 14.1. The third kappa shape index (κ3) is 2.38. The highest BCUT2D eigenvalue weighted by atomic mass is 127. The molecule has 17 heavy (non-hydrogen) atoms. The van der Waals surface area contributed by atoms with Gasteiger partial charge in [0.05, 0.1) is 18.0 Å². The fourth-order valence-electron chi connectivity index (χ4n) is 1.99. The average Bonchev–Trinajstić information content (AvgIpc) is 2.55. The first-order valence-corrected chi connectivity index (χ1v) is 7.19. The molecule has 0 aromatic heterocycles. The van der Waals surface area contributed by atoms with Gasteiger partial charge in [0.15, 0.2) is 4.17 Å². The summed E-state index contributed by atoms with van der Waals surface area (Å²) < 4.78 is 0.395. The Morgan fingerprint density at radius 3 is 2.47 bits per heavy atom. The molecule has 1 aromatic carbocycles. The Morgan fingerprint density at radius 2 is 1.88 bits per heavy atom. The van der Waals surface area contributed by atoms with Gasteiger partial charge in [-0.3, -0.25) is 4.90 Å². The summed E-state index contributed by atoms with van der Waals surface area (Å²) in [5.74, 6) is 0. The maximum absolute atomic E-state index is 2.50. The normalized spacial score (nSPS) is 19.4. The number of halogens is 1. The van der Waals surface area contributed by atoms with E-state index in [-0.39, 0.29) is 0 Å². The minimum atomic E-state index is 0.395. The predicted octanol–water partition coefficient (Wildman–Crippen LogP) is 2.96. The zero-order chi connectivity index (χ0) is 12.6. The fourth-order valence-corrected chi connectivity index (χ4v) is 2.77. The van der Waals surface area contributed by atoms with E-state index < -0.39 is 0 Å². The van der Waals surface area contributed by atoms with Crippen LogP contribution >= 0.6 is 22.6 Å². The summed E-state index contributed by atoms with van der Waals surface area (Å²) in [5, 5.41) is 0. The number of hydrogen-bond donors (Lipinski definition) is 0. The number of hydrogen-bond acceptors (Lipinski definition) is 3. The fraction of sp³-hybridized carbons (Fsp3) is 0.538. The van der Waals surface area contributed by atoms with Crippen molar-refractivity contribution in [2.24, 2.45) is 0 Å². The molecule has 0 amide bonds. The van der Waals surface area contributed by atoms with E-state index in [1.807, 2.05) is 0 Å². The first-order valence-electron chi connectivity index (χ1n) is 5.95. The molecule has 0 N–H and O–H groups in total. The molecule has 94 valence electrons. The van der Waals surface area contributed by atoms with Crippen molar-refractivity contribution in [3.05, 3.63) is 24.3 Å². The van der Waals surface area contributed by atoms with Crippen LogP contribution < -0.4 is 9.80 Å². The highest BCUT2D eigenvalue weighted by Crippen LogP contribution is 2.40. The maximum atomic E-state index is 2.50. The van der Waals surface area contributed by atoms with Gasteiger partial charge in [0.2, 0.25) is 0 Å². The molecule has 0 fully saturated rings. The molecule has 4 heteroatoms. The number of nitrogens with zero attached hydrogens (tertiary/aromatic N) is 3. The SMILES string of the molecule is CC(C)N(C)CN1c2ccccc2N(C)C1I. The number of alkyl halides is 1. The Hall–Kier alpha value is -0.490. The number of anilines is 2. The van der Waals surface area contributed by atoms with E-state index in [1.54, 1.807) is 0 Å². The van der Waals surface area contributed by atoms with Crippen molar-refractivity contribution in [1.82, 2.24) is 4.90 Å². The van der Waals surface area contributed by atoms with E-state index in [0.717, 1.165) is 6.67 Å². The summed E-state index contributed by atoms with van der Waals surface area (Å²) in [6.07, 6.45) is 0. The average molecular weight is 345 g/mol. The summed E-state index contributed by atoms with van der Waals surface area (Å²) in [6, 6.07) is 9.18.